The summed E-state index contributed by atoms with van der Waals surface area (Å²) in [7, 11) is 0. The number of thiophene rings is 2. The average Bonchev–Trinajstić information content (AvgIpc) is 2.91. The molecule has 4 heteroatoms. The summed E-state index contributed by atoms with van der Waals surface area (Å²) < 4.78 is 15.8. The molecule has 0 atom stereocenters. The molecule has 3 aromatic rings. The lowest BCUT2D eigenvalue weighted by Crippen LogP contribution is -2.02. The van der Waals surface area contributed by atoms with Gasteiger partial charge in [0.25, 0.3) is 0 Å². The van der Waals surface area contributed by atoms with Crippen molar-refractivity contribution >= 4 is 37.9 Å². The third-order valence-electron chi connectivity index (χ3n) is 2.73. The molecule has 0 spiro atoms. The molecule has 1 nitrogen and oxygen atoms in total. The first-order valence-corrected chi connectivity index (χ1v) is 7.12. The highest BCUT2D eigenvalue weighted by atomic mass is 32.1. The lowest BCUT2D eigenvalue weighted by atomic mass is 10.1. The Morgan fingerprint density at radius 2 is 2.00 bits per heavy atom. The lowest BCUT2D eigenvalue weighted by Gasteiger charge is -2.01. The third-order valence-corrected chi connectivity index (χ3v) is 4.82. The molecule has 0 aliphatic rings. The molecular formula is C14H9FOS2. The number of rotatable bonds is 2. The van der Waals surface area contributed by atoms with Crippen molar-refractivity contribution in [2.24, 2.45) is 0 Å². The van der Waals surface area contributed by atoms with Crippen LogP contribution in [0.2, 0.25) is 0 Å². The molecule has 90 valence electrons. The fourth-order valence-corrected chi connectivity index (χ4v) is 3.89. The van der Waals surface area contributed by atoms with Crippen molar-refractivity contribution in [2.45, 2.75) is 6.92 Å². The van der Waals surface area contributed by atoms with E-state index < -0.39 is 5.82 Å². The van der Waals surface area contributed by atoms with Gasteiger partial charge in [-0.05, 0) is 36.6 Å². The highest BCUT2D eigenvalue weighted by Gasteiger charge is 2.17. The van der Waals surface area contributed by atoms with Crippen LogP contribution >= 0.6 is 22.7 Å². The fourth-order valence-electron chi connectivity index (χ4n) is 1.82. The highest BCUT2D eigenvalue weighted by Crippen LogP contribution is 2.31. The maximum absolute atomic E-state index is 13.7. The van der Waals surface area contributed by atoms with E-state index in [1.807, 2.05) is 24.4 Å². The van der Waals surface area contributed by atoms with Gasteiger partial charge in [-0.1, -0.05) is 11.6 Å². The van der Waals surface area contributed by atoms with Crippen molar-refractivity contribution in [3.63, 3.8) is 0 Å². The first-order chi connectivity index (χ1) is 8.65. The third kappa shape index (κ3) is 1.87. The van der Waals surface area contributed by atoms with E-state index in [4.69, 9.17) is 0 Å². The molecule has 0 aliphatic heterocycles. The van der Waals surface area contributed by atoms with Gasteiger partial charge >= 0.3 is 0 Å². The second-order valence-corrected chi connectivity index (χ2v) is 6.10. The van der Waals surface area contributed by atoms with Crippen LogP contribution in [0.25, 0.3) is 9.40 Å². The van der Waals surface area contributed by atoms with E-state index in [9.17, 15) is 9.18 Å². The van der Waals surface area contributed by atoms with Gasteiger partial charge in [-0.3, -0.25) is 4.79 Å². The zero-order chi connectivity index (χ0) is 12.7. The molecule has 2 aromatic heterocycles. The summed E-state index contributed by atoms with van der Waals surface area (Å²) >= 11 is 3.01. The Morgan fingerprint density at radius 3 is 2.78 bits per heavy atom. The predicted molar refractivity (Wildman–Crippen MR) is 74.3 cm³/mol. The molecule has 0 N–H and O–H groups in total. The number of fused-ring (bicyclic) bond motifs is 1. The second kappa shape index (κ2) is 4.30. The fraction of sp³-hybridized carbons (Fsp3) is 0.0714. The smallest absolute Gasteiger partial charge is 0.205 e. The van der Waals surface area contributed by atoms with Crippen molar-refractivity contribution in [2.75, 3.05) is 0 Å². The van der Waals surface area contributed by atoms with Gasteiger partial charge in [0, 0.05) is 9.40 Å². The Kier molecular flexibility index (Phi) is 2.76. The molecule has 0 saturated carbocycles. The van der Waals surface area contributed by atoms with Crippen molar-refractivity contribution in [3.05, 3.63) is 57.5 Å². The number of hydrogen-bond donors (Lipinski definition) is 0. The molecule has 0 saturated heterocycles. The summed E-state index contributed by atoms with van der Waals surface area (Å²) in [5.41, 5.74) is 1.04. The molecular weight excluding hydrogens is 267 g/mol. The molecule has 0 bridgehead atoms. The Bertz CT molecular complexity index is 711. The molecule has 0 amide bonds. The van der Waals surface area contributed by atoms with Crippen LogP contribution in [-0.2, 0) is 0 Å². The van der Waals surface area contributed by atoms with Crippen LogP contribution in [0.5, 0.6) is 0 Å². The van der Waals surface area contributed by atoms with Crippen LogP contribution in [0.4, 0.5) is 4.39 Å². The topological polar surface area (TPSA) is 17.1 Å². The van der Waals surface area contributed by atoms with Crippen molar-refractivity contribution < 1.29 is 9.18 Å². The largest absolute Gasteiger partial charge is 0.288 e. The van der Waals surface area contributed by atoms with Gasteiger partial charge in [0.15, 0.2) is 0 Å². The van der Waals surface area contributed by atoms with Crippen molar-refractivity contribution in [1.82, 2.24) is 0 Å². The van der Waals surface area contributed by atoms with Crippen molar-refractivity contribution in [3.8, 4) is 0 Å². The minimum absolute atomic E-state index is 0.156. The monoisotopic (exact) mass is 276 g/mol. The van der Waals surface area contributed by atoms with E-state index in [2.05, 4.69) is 0 Å². The van der Waals surface area contributed by atoms with Crippen LogP contribution in [0.1, 0.15) is 20.8 Å². The average molecular weight is 276 g/mol. The lowest BCUT2D eigenvalue weighted by molar-refractivity contribution is 0.103. The standard InChI is InChI=1S/C14H9FOS2/c1-8-2-3-10(15)9(6-8)14(16)13-7-12-11(18-13)4-5-17-12/h2-7H,1H3. The summed E-state index contributed by atoms with van der Waals surface area (Å²) in [5.74, 6) is -0.688. The Balaban J connectivity index is 2.09. The normalized spacial score (nSPS) is 11.0. The first-order valence-electron chi connectivity index (χ1n) is 5.43. The number of halogens is 1. The summed E-state index contributed by atoms with van der Waals surface area (Å²) in [4.78, 5) is 12.9. The van der Waals surface area contributed by atoms with Gasteiger partial charge < -0.3 is 0 Å². The minimum atomic E-state index is -0.456. The molecule has 3 rings (SSSR count). The van der Waals surface area contributed by atoms with E-state index in [1.165, 1.54) is 17.4 Å². The quantitative estimate of drug-likeness (QED) is 0.623. The first kappa shape index (κ1) is 11.6. The van der Waals surface area contributed by atoms with E-state index in [-0.39, 0.29) is 11.3 Å². The van der Waals surface area contributed by atoms with Crippen LogP contribution in [0.3, 0.4) is 0 Å². The highest BCUT2D eigenvalue weighted by molar-refractivity contribution is 7.28. The summed E-state index contributed by atoms with van der Waals surface area (Å²) in [6, 6.07) is 8.44. The summed E-state index contributed by atoms with van der Waals surface area (Å²) in [5, 5.41) is 1.99. The van der Waals surface area contributed by atoms with E-state index in [0.29, 0.717) is 4.88 Å². The van der Waals surface area contributed by atoms with E-state index in [0.717, 1.165) is 15.0 Å². The number of benzene rings is 1. The number of aryl methyl sites for hydroxylation is 1. The minimum Gasteiger partial charge on any atom is -0.288 e. The SMILES string of the molecule is Cc1ccc(F)c(C(=O)c2cc3sccc3s2)c1. The predicted octanol–water partition coefficient (Wildman–Crippen LogP) is 4.64. The Hall–Kier alpha value is -1.52. The number of carbonyl (C=O) groups is 1. The molecule has 2 heterocycles. The maximum atomic E-state index is 13.7. The molecule has 0 radical (unpaired) electrons. The van der Waals surface area contributed by atoms with Gasteiger partial charge in [-0.25, -0.2) is 4.39 Å². The number of hydrogen-bond acceptors (Lipinski definition) is 3. The van der Waals surface area contributed by atoms with Gasteiger partial charge in [0.1, 0.15) is 5.82 Å². The Labute approximate surface area is 112 Å². The molecule has 0 unspecified atom stereocenters. The summed E-state index contributed by atoms with van der Waals surface area (Å²) in [6.45, 7) is 1.85. The molecule has 0 aliphatic carbocycles. The Morgan fingerprint density at radius 1 is 1.17 bits per heavy atom. The number of carbonyl (C=O) groups excluding carboxylic acids is 1. The van der Waals surface area contributed by atoms with Gasteiger partial charge in [-0.2, -0.15) is 0 Å². The van der Waals surface area contributed by atoms with E-state index in [1.54, 1.807) is 23.5 Å². The van der Waals surface area contributed by atoms with Crippen LogP contribution in [-0.4, -0.2) is 5.78 Å². The van der Waals surface area contributed by atoms with Crippen LogP contribution < -0.4 is 0 Å². The van der Waals surface area contributed by atoms with Gasteiger partial charge in [0.05, 0.1) is 10.4 Å². The maximum Gasteiger partial charge on any atom is 0.205 e. The second-order valence-electron chi connectivity index (χ2n) is 4.07. The van der Waals surface area contributed by atoms with Crippen LogP contribution in [0.15, 0.2) is 35.7 Å². The van der Waals surface area contributed by atoms with Gasteiger partial charge in [0.2, 0.25) is 5.78 Å². The van der Waals surface area contributed by atoms with Crippen LogP contribution in [0, 0.1) is 12.7 Å². The summed E-state index contributed by atoms with van der Waals surface area (Å²) in [6.07, 6.45) is 0. The van der Waals surface area contributed by atoms with Crippen molar-refractivity contribution in [1.29, 1.82) is 0 Å². The molecule has 18 heavy (non-hydrogen) atoms. The molecule has 0 fully saturated rings. The van der Waals surface area contributed by atoms with E-state index >= 15 is 0 Å². The zero-order valence-corrected chi connectivity index (χ0v) is 11.2. The number of ketones is 1. The zero-order valence-electron chi connectivity index (χ0n) is 9.57. The molecule has 1 aromatic carbocycles. The van der Waals surface area contributed by atoms with Gasteiger partial charge in [-0.15, -0.1) is 22.7 Å².